The minimum atomic E-state index is -0.289. The lowest BCUT2D eigenvalue weighted by Crippen LogP contribution is -2.31. The fraction of sp³-hybridized carbons (Fsp3) is 0.150. The summed E-state index contributed by atoms with van der Waals surface area (Å²) in [6.45, 7) is 0. The van der Waals surface area contributed by atoms with Gasteiger partial charge in [-0.15, -0.1) is 11.3 Å². The Morgan fingerprint density at radius 2 is 2.07 bits per heavy atom. The first-order valence-corrected chi connectivity index (χ1v) is 9.72. The minimum Gasteiger partial charge on any atom is -0.619 e. The van der Waals surface area contributed by atoms with Gasteiger partial charge >= 0.3 is 0 Å². The molecule has 1 unspecified atom stereocenters. The number of nitrogens with zero attached hydrogens (tertiary/aromatic N) is 3. The second-order valence-electron chi connectivity index (χ2n) is 6.28. The third-order valence-electron chi connectivity index (χ3n) is 4.42. The van der Waals surface area contributed by atoms with Crippen LogP contribution in [0.5, 0.6) is 0 Å². The van der Waals surface area contributed by atoms with Crippen LogP contribution in [0.25, 0.3) is 0 Å². The van der Waals surface area contributed by atoms with Crippen LogP contribution in [0.2, 0.25) is 5.02 Å². The molecule has 1 aliphatic rings. The van der Waals surface area contributed by atoms with Gasteiger partial charge in [0.05, 0.1) is 23.1 Å². The molecule has 1 amide bonds. The third kappa shape index (κ3) is 3.86. The number of hydrazone groups is 1. The van der Waals surface area contributed by atoms with E-state index in [4.69, 9.17) is 11.6 Å². The Morgan fingerprint density at radius 1 is 1.26 bits per heavy atom. The van der Waals surface area contributed by atoms with Crippen LogP contribution in [-0.4, -0.2) is 16.6 Å². The van der Waals surface area contributed by atoms with Crippen molar-refractivity contribution < 1.29 is 9.52 Å². The van der Waals surface area contributed by atoms with E-state index in [0.717, 1.165) is 26.4 Å². The van der Waals surface area contributed by atoms with Gasteiger partial charge in [-0.25, -0.2) is 5.01 Å². The molecule has 0 bridgehead atoms. The topological polar surface area (TPSA) is 59.6 Å². The summed E-state index contributed by atoms with van der Waals surface area (Å²) in [6.07, 6.45) is 3.73. The molecule has 0 fully saturated rings. The molecule has 1 aromatic carbocycles. The van der Waals surface area contributed by atoms with Gasteiger partial charge in [0.2, 0.25) is 5.91 Å². The summed E-state index contributed by atoms with van der Waals surface area (Å²) in [5, 5.41) is 20.5. The van der Waals surface area contributed by atoms with Crippen molar-refractivity contribution in [1.29, 1.82) is 0 Å². The van der Waals surface area contributed by atoms with Crippen LogP contribution in [0.3, 0.4) is 0 Å². The molecule has 0 radical (unpaired) electrons. The Morgan fingerprint density at radius 3 is 2.78 bits per heavy atom. The normalized spacial score (nSPS) is 16.4. The van der Waals surface area contributed by atoms with E-state index in [2.05, 4.69) is 5.10 Å². The molecule has 27 heavy (non-hydrogen) atoms. The van der Waals surface area contributed by atoms with Gasteiger partial charge in [-0.05, 0) is 35.2 Å². The number of hydrogen-bond acceptors (Lipinski definition) is 4. The lowest BCUT2D eigenvalue weighted by atomic mass is 10.0. The summed E-state index contributed by atoms with van der Waals surface area (Å²) in [5.41, 5.74) is 2.50. The van der Waals surface area contributed by atoms with Crippen LogP contribution in [-0.2, 0) is 11.2 Å². The van der Waals surface area contributed by atoms with Crippen molar-refractivity contribution in [3.05, 3.63) is 92.5 Å². The summed E-state index contributed by atoms with van der Waals surface area (Å²) in [5.74, 6) is -0.116. The summed E-state index contributed by atoms with van der Waals surface area (Å²) < 4.78 is 0.750. The van der Waals surface area contributed by atoms with Gasteiger partial charge in [-0.2, -0.15) is 9.83 Å². The molecule has 7 heteroatoms. The zero-order chi connectivity index (χ0) is 18.8. The van der Waals surface area contributed by atoms with Crippen molar-refractivity contribution in [2.24, 2.45) is 5.10 Å². The van der Waals surface area contributed by atoms with Crippen LogP contribution < -0.4 is 4.73 Å². The summed E-state index contributed by atoms with van der Waals surface area (Å²) >= 11 is 7.51. The lowest BCUT2D eigenvalue weighted by molar-refractivity contribution is -0.606. The molecule has 136 valence electrons. The number of carbonyl (C=O) groups excluding carboxylic acids is 1. The molecule has 1 aliphatic heterocycles. The highest BCUT2D eigenvalue weighted by Gasteiger charge is 2.34. The standard InChI is InChI=1S/C20H16ClN3O2S/c21-16-7-5-14(6-8-16)11-20(25)24-18(15-3-1-9-23(26)13-15)12-17(22-24)19-4-2-10-27-19/h1-10,13,18H,11-12H2. The van der Waals surface area contributed by atoms with Crippen molar-refractivity contribution >= 4 is 34.6 Å². The lowest BCUT2D eigenvalue weighted by Gasteiger charge is -2.21. The van der Waals surface area contributed by atoms with Gasteiger partial charge in [-0.3, -0.25) is 4.79 Å². The van der Waals surface area contributed by atoms with E-state index < -0.39 is 0 Å². The van der Waals surface area contributed by atoms with Crippen molar-refractivity contribution in [3.8, 4) is 0 Å². The highest BCUT2D eigenvalue weighted by molar-refractivity contribution is 7.12. The molecule has 3 aromatic rings. The van der Waals surface area contributed by atoms with Gasteiger partial charge < -0.3 is 5.21 Å². The van der Waals surface area contributed by atoms with E-state index in [9.17, 15) is 10.0 Å². The van der Waals surface area contributed by atoms with Crippen molar-refractivity contribution in [2.45, 2.75) is 18.9 Å². The molecule has 0 spiro atoms. The minimum absolute atomic E-state index is 0.116. The maximum absolute atomic E-state index is 13.0. The van der Waals surface area contributed by atoms with Gasteiger partial charge in [0, 0.05) is 23.1 Å². The van der Waals surface area contributed by atoms with Crippen LogP contribution in [0.15, 0.2) is 71.4 Å². The summed E-state index contributed by atoms with van der Waals surface area (Å²) in [6, 6.07) is 14.4. The number of benzene rings is 1. The second kappa shape index (κ2) is 7.50. The van der Waals surface area contributed by atoms with Crippen molar-refractivity contribution in [3.63, 3.8) is 0 Å². The Bertz CT molecular complexity index is 987. The van der Waals surface area contributed by atoms with Crippen LogP contribution in [0, 0.1) is 5.21 Å². The van der Waals surface area contributed by atoms with Gasteiger partial charge in [0.15, 0.2) is 12.4 Å². The predicted molar refractivity (Wildman–Crippen MR) is 106 cm³/mol. The number of hydrogen-bond donors (Lipinski definition) is 0. The molecule has 2 aromatic heterocycles. The number of amides is 1. The van der Waals surface area contributed by atoms with E-state index in [0.29, 0.717) is 11.4 Å². The molecule has 4 rings (SSSR count). The monoisotopic (exact) mass is 397 g/mol. The average molecular weight is 398 g/mol. The first kappa shape index (κ1) is 17.7. The maximum Gasteiger partial charge on any atom is 0.247 e. The number of pyridine rings is 1. The van der Waals surface area contributed by atoms with Crippen LogP contribution in [0.4, 0.5) is 0 Å². The Labute approximate surface area is 165 Å². The number of thiophene rings is 1. The summed E-state index contributed by atoms with van der Waals surface area (Å²) in [7, 11) is 0. The van der Waals surface area contributed by atoms with Gasteiger partial charge in [-0.1, -0.05) is 29.8 Å². The molecule has 5 nitrogen and oxygen atoms in total. The van der Waals surface area contributed by atoms with E-state index >= 15 is 0 Å². The largest absolute Gasteiger partial charge is 0.619 e. The SMILES string of the molecule is O=C(Cc1ccc(Cl)cc1)N1N=C(c2cccs2)CC1c1ccc[n+]([O-])c1. The predicted octanol–water partition coefficient (Wildman–Crippen LogP) is 3.96. The molecule has 0 aliphatic carbocycles. The van der Waals surface area contributed by atoms with E-state index in [1.54, 1.807) is 29.5 Å². The van der Waals surface area contributed by atoms with Gasteiger partial charge in [0.25, 0.3) is 0 Å². The Kier molecular flexibility index (Phi) is 4.92. The molecule has 1 atom stereocenters. The first-order valence-electron chi connectivity index (χ1n) is 8.47. The third-order valence-corrected chi connectivity index (χ3v) is 5.59. The first-order chi connectivity index (χ1) is 13.1. The molecule has 3 heterocycles. The fourth-order valence-corrected chi connectivity index (χ4v) is 3.97. The van der Waals surface area contributed by atoms with E-state index in [1.807, 2.05) is 35.7 Å². The molecular weight excluding hydrogens is 382 g/mol. The number of halogens is 1. The quantitative estimate of drug-likeness (QED) is 0.494. The van der Waals surface area contributed by atoms with Crippen LogP contribution in [0.1, 0.15) is 28.5 Å². The number of rotatable bonds is 4. The molecule has 0 N–H and O–H groups in total. The summed E-state index contributed by atoms with van der Waals surface area (Å²) in [4.78, 5) is 14.0. The molecular formula is C20H16ClN3O2S. The molecule has 0 saturated carbocycles. The zero-order valence-corrected chi connectivity index (χ0v) is 15.9. The average Bonchev–Trinajstić information content (AvgIpc) is 3.33. The number of aromatic nitrogens is 1. The number of carbonyl (C=O) groups is 1. The highest BCUT2D eigenvalue weighted by atomic mass is 35.5. The molecule has 0 saturated heterocycles. The van der Waals surface area contributed by atoms with E-state index in [-0.39, 0.29) is 18.4 Å². The highest BCUT2D eigenvalue weighted by Crippen LogP contribution is 2.33. The van der Waals surface area contributed by atoms with Crippen molar-refractivity contribution in [2.75, 3.05) is 0 Å². The van der Waals surface area contributed by atoms with E-state index in [1.165, 1.54) is 17.4 Å². The van der Waals surface area contributed by atoms with Gasteiger partial charge in [0.1, 0.15) is 0 Å². The Hall–Kier alpha value is -2.70. The zero-order valence-electron chi connectivity index (χ0n) is 14.3. The fourth-order valence-electron chi connectivity index (χ4n) is 3.12. The smallest absolute Gasteiger partial charge is 0.247 e. The van der Waals surface area contributed by atoms with Crippen molar-refractivity contribution in [1.82, 2.24) is 5.01 Å². The Balaban J connectivity index is 1.64. The maximum atomic E-state index is 13.0. The van der Waals surface area contributed by atoms with Crippen LogP contribution >= 0.6 is 22.9 Å². The second-order valence-corrected chi connectivity index (χ2v) is 7.67.